The summed E-state index contributed by atoms with van der Waals surface area (Å²) in [7, 11) is 13.2. The van der Waals surface area contributed by atoms with Crippen LogP contribution in [0.15, 0.2) is 73.2 Å². The fourth-order valence-corrected chi connectivity index (χ4v) is 7.52. The van der Waals surface area contributed by atoms with E-state index in [0.29, 0.717) is 133 Å². The van der Waals surface area contributed by atoms with Crippen molar-refractivity contribution >= 4 is 105 Å². The number of nitrogens with zero attached hydrogens (tertiary/aromatic N) is 8. The molecule has 8 N–H and O–H groups in total. The average Bonchev–Trinajstić information content (AvgIpc) is 4.24. The van der Waals surface area contributed by atoms with Crippen LogP contribution in [0.25, 0.3) is 0 Å². The number of carbonyl (C=O) groups excluding carboxylic acids is 3. The lowest BCUT2D eigenvalue weighted by atomic mass is 10.1. The number of hydrogen-bond donors (Lipinski definition) is 8. The van der Waals surface area contributed by atoms with Crippen molar-refractivity contribution in [3.05, 3.63) is 105 Å². The molecule has 0 radical (unpaired) electrons. The molecule has 4 heterocycles. The minimum Gasteiger partial charge on any atom is -0.495 e. The number of benzene rings is 3. The largest absolute Gasteiger partial charge is 0.495 e. The Labute approximate surface area is 443 Å². The molecule has 8 rings (SSSR count). The molecule has 22 nitrogen and oxygen atoms in total. The Kier molecular flexibility index (Phi) is 19.8. The predicted molar refractivity (Wildman–Crippen MR) is 288 cm³/mol. The molecule has 3 amide bonds. The number of ether oxygens (including phenoxy) is 3. The lowest BCUT2D eigenvalue weighted by Gasteiger charge is -2.29. The van der Waals surface area contributed by atoms with Crippen molar-refractivity contribution in [1.82, 2.24) is 45.0 Å². The lowest BCUT2D eigenvalue weighted by molar-refractivity contribution is 0.0546. The molecule has 25 heteroatoms. The SMILES string of the molecule is CNc1nc(Nc2ccc(C(=O)N(C)C)cc2OC)ncc1Cl.CNc1nc(Nc2ccc(C(=O)N3CCC(O)CC3)cc2OC)ncc1Cl.CNc1nc(Nc2ccc(C(=O)NC3CC3)cc2OC)ncc1Cl. The molecular formula is C49H58Cl3N15O7. The Morgan fingerprint density at radius 1 is 0.595 bits per heavy atom. The minimum absolute atomic E-state index is 0.0769. The second-order valence-electron chi connectivity index (χ2n) is 16.5. The molecule has 1 aliphatic heterocycles. The van der Waals surface area contributed by atoms with Gasteiger partial charge in [0, 0.05) is 71.1 Å². The van der Waals surface area contributed by atoms with Crippen molar-refractivity contribution < 1.29 is 33.7 Å². The predicted octanol–water partition coefficient (Wildman–Crippen LogP) is 7.96. The number of likely N-dealkylation sites (tertiary alicyclic amines) is 1. The molecular weight excluding hydrogens is 1020 g/mol. The fourth-order valence-electron chi connectivity index (χ4n) is 6.97. The summed E-state index contributed by atoms with van der Waals surface area (Å²) < 4.78 is 16.1. The number of carbonyl (C=O) groups is 3. The molecule has 0 atom stereocenters. The van der Waals surface area contributed by atoms with Crippen molar-refractivity contribution in [3.8, 4) is 17.2 Å². The highest BCUT2D eigenvalue weighted by molar-refractivity contribution is 6.33. The van der Waals surface area contributed by atoms with E-state index in [1.165, 1.54) is 37.7 Å². The van der Waals surface area contributed by atoms with E-state index in [1.54, 1.807) is 102 Å². The van der Waals surface area contributed by atoms with Gasteiger partial charge in [0.05, 0.1) is 63.1 Å². The fraction of sp³-hybridized carbons (Fsp3) is 0.327. The number of piperidine rings is 1. The van der Waals surface area contributed by atoms with Crippen LogP contribution in [0.4, 0.5) is 52.4 Å². The molecule has 392 valence electrons. The van der Waals surface area contributed by atoms with Gasteiger partial charge in [-0.15, -0.1) is 0 Å². The van der Waals surface area contributed by atoms with Gasteiger partial charge in [-0.2, -0.15) is 15.0 Å². The van der Waals surface area contributed by atoms with Gasteiger partial charge in [0.1, 0.15) is 49.8 Å². The number of rotatable bonds is 16. The number of aliphatic hydroxyl groups excluding tert-OH is 1. The van der Waals surface area contributed by atoms with Crippen LogP contribution < -0.4 is 51.4 Å². The molecule has 3 aromatic heterocycles. The van der Waals surface area contributed by atoms with Gasteiger partial charge in [0.2, 0.25) is 17.8 Å². The van der Waals surface area contributed by atoms with Gasteiger partial charge in [-0.1, -0.05) is 34.8 Å². The zero-order chi connectivity index (χ0) is 53.5. The Hall–Kier alpha value is -7.66. The molecule has 0 bridgehead atoms. The van der Waals surface area contributed by atoms with Crippen molar-refractivity contribution in [3.63, 3.8) is 0 Å². The summed E-state index contributed by atoms with van der Waals surface area (Å²) in [5.41, 5.74) is 3.55. The second-order valence-corrected chi connectivity index (χ2v) is 17.7. The first-order valence-electron chi connectivity index (χ1n) is 23.0. The number of methoxy groups -OCH3 is 3. The molecule has 0 unspecified atom stereocenters. The summed E-state index contributed by atoms with van der Waals surface area (Å²) in [4.78, 5) is 65.3. The first-order valence-corrected chi connectivity index (χ1v) is 24.2. The molecule has 3 aromatic carbocycles. The molecule has 1 saturated carbocycles. The van der Waals surface area contributed by atoms with E-state index >= 15 is 0 Å². The Morgan fingerprint density at radius 2 is 0.973 bits per heavy atom. The van der Waals surface area contributed by atoms with Crippen LogP contribution in [-0.4, -0.2) is 144 Å². The maximum atomic E-state index is 12.7. The highest BCUT2D eigenvalue weighted by atomic mass is 35.5. The van der Waals surface area contributed by atoms with Crippen LogP contribution in [0, 0.1) is 0 Å². The van der Waals surface area contributed by atoms with Crippen LogP contribution in [0.5, 0.6) is 17.2 Å². The summed E-state index contributed by atoms with van der Waals surface area (Å²) in [6, 6.07) is 15.8. The van der Waals surface area contributed by atoms with Gasteiger partial charge in [-0.05, 0) is 80.3 Å². The van der Waals surface area contributed by atoms with Crippen molar-refractivity contribution in [2.24, 2.45) is 0 Å². The first kappa shape index (κ1) is 55.7. The number of nitrogens with one attached hydrogen (secondary N) is 7. The van der Waals surface area contributed by atoms with E-state index in [2.05, 4.69) is 67.1 Å². The summed E-state index contributed by atoms with van der Waals surface area (Å²) in [6.45, 7) is 1.10. The summed E-state index contributed by atoms with van der Waals surface area (Å²) in [6.07, 6.45) is 7.48. The molecule has 2 aliphatic rings. The maximum Gasteiger partial charge on any atom is 0.253 e. The number of amides is 3. The van der Waals surface area contributed by atoms with Gasteiger partial charge >= 0.3 is 0 Å². The number of hydrogen-bond acceptors (Lipinski definition) is 19. The molecule has 6 aromatic rings. The Balaban J connectivity index is 0.000000181. The van der Waals surface area contributed by atoms with Gasteiger partial charge in [-0.3, -0.25) is 14.4 Å². The highest BCUT2D eigenvalue weighted by Crippen LogP contribution is 2.33. The van der Waals surface area contributed by atoms with Crippen molar-refractivity contribution in [1.29, 1.82) is 0 Å². The van der Waals surface area contributed by atoms with Crippen LogP contribution in [0.2, 0.25) is 15.1 Å². The van der Waals surface area contributed by atoms with E-state index in [0.717, 1.165) is 12.8 Å². The van der Waals surface area contributed by atoms with Gasteiger partial charge in [0.15, 0.2) is 0 Å². The second kappa shape index (κ2) is 26.3. The zero-order valence-electron chi connectivity index (χ0n) is 41.9. The van der Waals surface area contributed by atoms with Gasteiger partial charge in [0.25, 0.3) is 17.7 Å². The molecule has 2 fully saturated rings. The first-order chi connectivity index (χ1) is 35.6. The van der Waals surface area contributed by atoms with Gasteiger partial charge < -0.3 is 66.3 Å². The third-order valence-corrected chi connectivity index (χ3v) is 11.9. The van der Waals surface area contributed by atoms with Crippen LogP contribution in [-0.2, 0) is 0 Å². The van der Waals surface area contributed by atoms with E-state index in [1.807, 2.05) is 0 Å². The Bertz CT molecular complexity index is 2930. The zero-order valence-corrected chi connectivity index (χ0v) is 44.2. The number of halogens is 3. The quantitative estimate of drug-likeness (QED) is 0.0457. The number of aromatic nitrogens is 6. The molecule has 0 spiro atoms. The van der Waals surface area contributed by atoms with E-state index in [9.17, 15) is 19.5 Å². The summed E-state index contributed by atoms with van der Waals surface area (Å²) in [5, 5.41) is 31.7. The van der Waals surface area contributed by atoms with E-state index < -0.39 is 0 Å². The normalized spacial score (nSPS) is 12.8. The van der Waals surface area contributed by atoms with Crippen LogP contribution >= 0.6 is 34.8 Å². The van der Waals surface area contributed by atoms with Gasteiger partial charge in [-0.25, -0.2) is 15.0 Å². The molecule has 74 heavy (non-hydrogen) atoms. The third-order valence-electron chi connectivity index (χ3n) is 11.1. The van der Waals surface area contributed by atoms with Crippen molar-refractivity contribution in [2.75, 3.05) is 102 Å². The van der Waals surface area contributed by atoms with Crippen LogP contribution in [0.3, 0.4) is 0 Å². The van der Waals surface area contributed by atoms with E-state index in [4.69, 9.17) is 49.0 Å². The number of anilines is 9. The smallest absolute Gasteiger partial charge is 0.253 e. The Morgan fingerprint density at radius 3 is 1.35 bits per heavy atom. The lowest BCUT2D eigenvalue weighted by Crippen LogP contribution is -2.40. The summed E-state index contributed by atoms with van der Waals surface area (Å²) >= 11 is 17.9. The maximum absolute atomic E-state index is 12.7. The van der Waals surface area contributed by atoms with Crippen LogP contribution in [0.1, 0.15) is 56.8 Å². The standard InChI is InChI=1S/C18H22ClN5O3.C16H18ClN5O2.C15H18ClN5O2/c1-20-16-13(19)10-21-18(23-16)22-14-4-3-11(9-15(14)27-2)17(26)24-7-5-12(25)6-8-24;1-18-14-11(17)8-19-16(22-14)21-12-6-3-9(7-13(12)24-2)15(23)20-10-4-5-10;1-17-13-10(16)8-18-15(20-13)19-11-6-5-9(7-12(11)23-4)14(22)21(2)3/h3-4,9-10,12,25H,5-8H2,1-2H3,(H2,20,21,22,23);3,6-8,10H,4-5H2,1-2H3,(H,20,23)(H2,18,19,21,22);5-8H,1-4H3,(H2,17,18,19,20). The topological polar surface area (TPSA) is 267 Å². The summed E-state index contributed by atoms with van der Waals surface area (Å²) in [5.74, 6) is 3.91. The van der Waals surface area contributed by atoms with Crippen molar-refractivity contribution in [2.45, 2.75) is 37.8 Å². The average molecular weight is 1080 g/mol. The third kappa shape index (κ3) is 15.0. The molecule has 1 saturated heterocycles. The molecule has 1 aliphatic carbocycles. The monoisotopic (exact) mass is 1070 g/mol. The van der Waals surface area contributed by atoms with E-state index in [-0.39, 0.29) is 23.8 Å². The highest BCUT2D eigenvalue weighted by Gasteiger charge is 2.25. The minimum atomic E-state index is -0.322. The number of aliphatic hydroxyl groups is 1.